The van der Waals surface area contributed by atoms with Crippen LogP contribution in [0.5, 0.6) is 5.75 Å². The van der Waals surface area contributed by atoms with Gasteiger partial charge in [-0.25, -0.2) is 4.79 Å². The minimum absolute atomic E-state index is 0.106. The molecule has 0 bridgehead atoms. The van der Waals surface area contributed by atoms with Crippen LogP contribution < -0.4 is 15.5 Å². The molecule has 1 amide bonds. The highest BCUT2D eigenvalue weighted by molar-refractivity contribution is 5.90. The molecule has 3 aromatic rings. The quantitative estimate of drug-likeness (QED) is 0.366. The van der Waals surface area contributed by atoms with Gasteiger partial charge in [0.1, 0.15) is 5.75 Å². The first-order valence-electron chi connectivity index (χ1n) is 11.8. The molecule has 12 heteroatoms. The molecule has 4 N–H and O–H groups in total. The third kappa shape index (κ3) is 7.03. The summed E-state index contributed by atoms with van der Waals surface area (Å²) >= 11 is 0. The number of hydrogen-bond acceptors (Lipinski definition) is 7. The van der Waals surface area contributed by atoms with Crippen LogP contribution in [0.25, 0.3) is 22.5 Å². The number of aliphatic carboxylic acids is 1. The normalized spacial score (nSPS) is 13.6. The number of amides is 1. The van der Waals surface area contributed by atoms with E-state index in [0.717, 1.165) is 48.8 Å². The lowest BCUT2D eigenvalue weighted by Gasteiger charge is -2.26. The van der Waals surface area contributed by atoms with Gasteiger partial charge in [-0.2, -0.15) is 13.2 Å². The lowest BCUT2D eigenvalue weighted by Crippen LogP contribution is -2.43. The standard InChI is InChI=1S/C24H28N4O3.C2HF3O2/c1-15(2)20-13-17(7-8-21(20)26-16(3)29)18-5-4-6-19(24(18)30)22-14-23(27-31-22)28-11-9-25-10-12-28;3-2(4,5)1(6)7/h4-8,13-15,25,30H,9-12H2,1-3H3,(H,26,29);(H,6,7). The van der Waals surface area contributed by atoms with Crippen molar-refractivity contribution < 1.29 is 37.5 Å². The zero-order valence-electron chi connectivity index (χ0n) is 21.1. The van der Waals surface area contributed by atoms with Gasteiger partial charge < -0.3 is 30.3 Å². The number of aromatic hydroxyl groups is 1. The molecule has 4 rings (SSSR count). The maximum Gasteiger partial charge on any atom is 0.490 e. The Kier molecular flexibility index (Phi) is 9.00. The second kappa shape index (κ2) is 12.0. The van der Waals surface area contributed by atoms with Crippen molar-refractivity contribution in [3.63, 3.8) is 0 Å². The number of anilines is 2. The number of alkyl halides is 3. The molecule has 9 nitrogen and oxygen atoms in total. The zero-order chi connectivity index (χ0) is 28.0. The van der Waals surface area contributed by atoms with Crippen LogP contribution in [0.3, 0.4) is 0 Å². The molecule has 0 unspecified atom stereocenters. The van der Waals surface area contributed by atoms with Gasteiger partial charge in [-0.3, -0.25) is 4.79 Å². The van der Waals surface area contributed by atoms with Crippen LogP contribution in [0.4, 0.5) is 24.7 Å². The molecule has 1 fully saturated rings. The van der Waals surface area contributed by atoms with Crippen molar-refractivity contribution in [2.75, 3.05) is 36.4 Å². The lowest BCUT2D eigenvalue weighted by atomic mass is 9.94. The van der Waals surface area contributed by atoms with Crippen LogP contribution >= 0.6 is 0 Å². The largest absolute Gasteiger partial charge is 0.507 e. The Bertz CT molecular complexity index is 1280. The lowest BCUT2D eigenvalue weighted by molar-refractivity contribution is -0.192. The number of carboxylic acid groups (broad SMARTS) is 1. The van der Waals surface area contributed by atoms with Gasteiger partial charge in [0.2, 0.25) is 5.91 Å². The first kappa shape index (κ1) is 28.5. The summed E-state index contributed by atoms with van der Waals surface area (Å²) in [5.74, 6) is -1.19. The summed E-state index contributed by atoms with van der Waals surface area (Å²) in [4.78, 5) is 22.6. The molecule has 1 saturated heterocycles. The molecule has 1 aliphatic rings. The van der Waals surface area contributed by atoms with Gasteiger partial charge in [-0.05, 0) is 35.2 Å². The van der Waals surface area contributed by atoms with Crippen LogP contribution in [0, 0.1) is 0 Å². The number of nitrogens with one attached hydrogen (secondary N) is 2. The minimum Gasteiger partial charge on any atom is -0.507 e. The van der Waals surface area contributed by atoms with Crippen LogP contribution in [-0.2, 0) is 9.59 Å². The number of piperazine rings is 1. The Morgan fingerprint density at radius 1 is 1.11 bits per heavy atom. The molecule has 0 radical (unpaired) electrons. The summed E-state index contributed by atoms with van der Waals surface area (Å²) in [6.07, 6.45) is -5.08. The Hall–Kier alpha value is -4.06. The highest BCUT2D eigenvalue weighted by Crippen LogP contribution is 2.40. The molecular formula is C26H29F3N4O5. The van der Waals surface area contributed by atoms with Crippen LogP contribution in [-0.4, -0.2) is 59.6 Å². The second-order valence-electron chi connectivity index (χ2n) is 8.93. The van der Waals surface area contributed by atoms with Crippen LogP contribution in [0.15, 0.2) is 47.0 Å². The number of phenolic OH excluding ortho intramolecular Hbond substituents is 1. The SMILES string of the molecule is CC(=O)Nc1ccc(-c2cccc(-c3cc(N4CCNCC4)no3)c2O)cc1C(C)C.O=C(O)C(F)(F)F. The average Bonchev–Trinajstić information content (AvgIpc) is 3.34. The van der Waals surface area contributed by atoms with Crippen molar-refractivity contribution >= 4 is 23.4 Å². The van der Waals surface area contributed by atoms with E-state index in [1.807, 2.05) is 42.5 Å². The summed E-state index contributed by atoms with van der Waals surface area (Å²) in [6.45, 7) is 9.22. The van der Waals surface area contributed by atoms with Crippen molar-refractivity contribution in [2.45, 2.75) is 32.9 Å². The van der Waals surface area contributed by atoms with Gasteiger partial charge in [0.25, 0.3) is 0 Å². The van der Waals surface area contributed by atoms with Crippen molar-refractivity contribution in [3.8, 4) is 28.2 Å². The van der Waals surface area contributed by atoms with Gasteiger partial charge in [0, 0.05) is 50.4 Å². The highest BCUT2D eigenvalue weighted by atomic mass is 19.4. The summed E-state index contributed by atoms with van der Waals surface area (Å²) in [7, 11) is 0. The fourth-order valence-corrected chi connectivity index (χ4v) is 3.92. The van der Waals surface area contributed by atoms with Crippen LogP contribution in [0.2, 0.25) is 0 Å². The number of para-hydroxylation sites is 1. The van der Waals surface area contributed by atoms with Gasteiger partial charge in [0.15, 0.2) is 11.6 Å². The Balaban J connectivity index is 0.000000505. The molecule has 204 valence electrons. The molecule has 0 saturated carbocycles. The number of phenols is 1. The summed E-state index contributed by atoms with van der Waals surface area (Å²) < 4.78 is 37.3. The highest BCUT2D eigenvalue weighted by Gasteiger charge is 2.38. The topological polar surface area (TPSA) is 128 Å². The van der Waals surface area contributed by atoms with E-state index in [0.29, 0.717) is 16.9 Å². The van der Waals surface area contributed by atoms with E-state index < -0.39 is 12.1 Å². The van der Waals surface area contributed by atoms with Crippen molar-refractivity contribution in [1.82, 2.24) is 10.5 Å². The number of aromatic nitrogens is 1. The number of halogens is 3. The minimum atomic E-state index is -5.08. The molecule has 2 aromatic carbocycles. The third-order valence-electron chi connectivity index (χ3n) is 5.78. The zero-order valence-corrected chi connectivity index (χ0v) is 21.1. The number of hydrogen-bond donors (Lipinski definition) is 4. The van der Waals surface area contributed by atoms with Gasteiger partial charge in [0.05, 0.1) is 5.56 Å². The summed E-state index contributed by atoms with van der Waals surface area (Å²) in [6, 6.07) is 13.3. The van der Waals surface area contributed by atoms with Crippen molar-refractivity contribution in [2.24, 2.45) is 0 Å². The number of rotatable bonds is 5. The Morgan fingerprint density at radius 2 is 1.74 bits per heavy atom. The average molecular weight is 535 g/mol. The Morgan fingerprint density at radius 3 is 2.32 bits per heavy atom. The summed E-state index contributed by atoms with van der Waals surface area (Å²) in [5, 5.41) is 28.6. The van der Waals surface area contributed by atoms with E-state index in [4.69, 9.17) is 14.4 Å². The van der Waals surface area contributed by atoms with E-state index in [1.54, 1.807) is 0 Å². The second-order valence-corrected chi connectivity index (χ2v) is 8.93. The third-order valence-corrected chi connectivity index (χ3v) is 5.78. The molecule has 1 aliphatic heterocycles. The fourth-order valence-electron chi connectivity index (χ4n) is 3.92. The predicted molar refractivity (Wildman–Crippen MR) is 136 cm³/mol. The molecule has 0 aliphatic carbocycles. The van der Waals surface area contributed by atoms with E-state index >= 15 is 0 Å². The number of carboxylic acids is 1. The first-order valence-corrected chi connectivity index (χ1v) is 11.8. The van der Waals surface area contributed by atoms with Crippen molar-refractivity contribution in [1.29, 1.82) is 0 Å². The molecule has 1 aromatic heterocycles. The van der Waals surface area contributed by atoms with Crippen LogP contribution in [0.1, 0.15) is 32.3 Å². The smallest absolute Gasteiger partial charge is 0.490 e. The van der Waals surface area contributed by atoms with E-state index in [-0.39, 0.29) is 17.6 Å². The number of nitrogens with zero attached hydrogens (tertiary/aromatic N) is 2. The fraction of sp³-hybridized carbons (Fsp3) is 0.346. The molecule has 0 spiro atoms. The van der Waals surface area contributed by atoms with E-state index in [1.165, 1.54) is 6.92 Å². The molecule has 2 heterocycles. The maximum absolute atomic E-state index is 11.5. The number of carbonyl (C=O) groups is 2. The van der Waals surface area contributed by atoms with Gasteiger partial charge in [-0.1, -0.05) is 37.2 Å². The van der Waals surface area contributed by atoms with Gasteiger partial charge >= 0.3 is 12.1 Å². The maximum atomic E-state index is 11.5. The Labute approximate surface area is 217 Å². The van der Waals surface area contributed by atoms with E-state index in [2.05, 4.69) is 34.5 Å². The summed E-state index contributed by atoms with van der Waals surface area (Å²) in [5.41, 5.74) is 3.98. The van der Waals surface area contributed by atoms with Gasteiger partial charge in [-0.15, -0.1) is 0 Å². The van der Waals surface area contributed by atoms with E-state index in [9.17, 15) is 23.1 Å². The predicted octanol–water partition coefficient (Wildman–Crippen LogP) is 4.84. The number of carbonyl (C=O) groups excluding carboxylic acids is 1. The monoisotopic (exact) mass is 534 g/mol. The molecule has 0 atom stereocenters. The molecular weight excluding hydrogens is 505 g/mol. The first-order chi connectivity index (χ1) is 17.9. The number of benzene rings is 2. The molecule has 38 heavy (non-hydrogen) atoms. The van der Waals surface area contributed by atoms with Crippen molar-refractivity contribution in [3.05, 3.63) is 48.0 Å².